The Balaban J connectivity index is 1.67. The normalized spacial score (nSPS) is 11.8. The molecule has 0 radical (unpaired) electrons. The van der Waals surface area contributed by atoms with Crippen LogP contribution in [0.4, 0.5) is 5.82 Å². The van der Waals surface area contributed by atoms with Crippen molar-refractivity contribution in [1.82, 2.24) is 9.78 Å². The molecule has 0 saturated carbocycles. The summed E-state index contributed by atoms with van der Waals surface area (Å²) in [6, 6.07) is 16.2. The average molecular weight is 390 g/mol. The number of amides is 1. The van der Waals surface area contributed by atoms with Crippen LogP contribution < -0.4 is 10.1 Å². The van der Waals surface area contributed by atoms with E-state index >= 15 is 0 Å². The molecular weight excluding hydrogens is 373 g/mol. The number of ether oxygens (including phenoxy) is 1. The summed E-state index contributed by atoms with van der Waals surface area (Å²) in [6.45, 7) is 2.10. The molecule has 0 aliphatic rings. The Morgan fingerprint density at radius 1 is 1.19 bits per heavy atom. The van der Waals surface area contributed by atoms with Crippen LogP contribution in [-0.4, -0.2) is 21.8 Å². The van der Waals surface area contributed by atoms with Crippen LogP contribution in [0.1, 0.15) is 12.5 Å². The van der Waals surface area contributed by atoms with Gasteiger partial charge in [0.1, 0.15) is 11.6 Å². The fourth-order valence-electron chi connectivity index (χ4n) is 2.36. The lowest BCUT2D eigenvalue weighted by molar-refractivity contribution is -0.122. The SMILES string of the molecule is CC(Oc1ccccc1)C(=O)Nc1ccnn1Cc1ccc(Cl)cc1Cl. The lowest BCUT2D eigenvalue weighted by Crippen LogP contribution is -2.31. The zero-order valence-electron chi connectivity index (χ0n) is 14.0. The second-order valence-electron chi connectivity index (χ2n) is 5.67. The number of rotatable bonds is 6. The zero-order valence-corrected chi connectivity index (χ0v) is 15.5. The standard InChI is InChI=1S/C19H17Cl2N3O2/c1-13(26-16-5-3-2-4-6-16)19(25)23-18-9-10-22-24(18)12-14-7-8-15(20)11-17(14)21/h2-11,13H,12H2,1H3,(H,23,25). The van der Waals surface area contributed by atoms with Crippen LogP contribution in [-0.2, 0) is 11.3 Å². The highest BCUT2D eigenvalue weighted by molar-refractivity contribution is 6.35. The van der Waals surface area contributed by atoms with Gasteiger partial charge in [0.2, 0.25) is 0 Å². The third kappa shape index (κ3) is 4.56. The maximum absolute atomic E-state index is 12.4. The third-order valence-electron chi connectivity index (χ3n) is 3.73. The van der Waals surface area contributed by atoms with E-state index in [4.69, 9.17) is 27.9 Å². The largest absolute Gasteiger partial charge is 0.481 e. The van der Waals surface area contributed by atoms with Crippen molar-refractivity contribution in [3.8, 4) is 5.75 Å². The lowest BCUT2D eigenvalue weighted by atomic mass is 10.2. The van der Waals surface area contributed by atoms with Crippen LogP contribution >= 0.6 is 23.2 Å². The number of aromatic nitrogens is 2. The number of carbonyl (C=O) groups is 1. The molecule has 1 heterocycles. The van der Waals surface area contributed by atoms with Crippen LogP contribution in [0.2, 0.25) is 10.0 Å². The Bertz CT molecular complexity index is 897. The minimum atomic E-state index is -0.653. The predicted octanol–water partition coefficient (Wildman–Crippen LogP) is 4.64. The van der Waals surface area contributed by atoms with Gasteiger partial charge in [0.05, 0.1) is 12.7 Å². The van der Waals surface area contributed by atoms with E-state index in [0.29, 0.717) is 28.2 Å². The maximum atomic E-state index is 12.4. The van der Waals surface area contributed by atoms with Crippen molar-refractivity contribution in [2.75, 3.05) is 5.32 Å². The molecule has 3 aromatic rings. The van der Waals surface area contributed by atoms with Gasteiger partial charge in [0, 0.05) is 16.1 Å². The Labute approximate surface area is 161 Å². The minimum absolute atomic E-state index is 0.266. The molecule has 0 aliphatic heterocycles. The van der Waals surface area contributed by atoms with Gasteiger partial charge in [-0.05, 0) is 36.8 Å². The molecule has 134 valence electrons. The number of benzene rings is 2. The van der Waals surface area contributed by atoms with Crippen molar-refractivity contribution >= 4 is 34.9 Å². The highest BCUT2D eigenvalue weighted by atomic mass is 35.5. The summed E-state index contributed by atoms with van der Waals surface area (Å²) < 4.78 is 7.29. The van der Waals surface area contributed by atoms with Crippen LogP contribution in [0.25, 0.3) is 0 Å². The smallest absolute Gasteiger partial charge is 0.266 e. The van der Waals surface area contributed by atoms with Crippen molar-refractivity contribution in [1.29, 1.82) is 0 Å². The molecule has 3 rings (SSSR count). The van der Waals surface area contributed by atoms with Crippen molar-refractivity contribution < 1.29 is 9.53 Å². The van der Waals surface area contributed by atoms with Crippen molar-refractivity contribution in [2.45, 2.75) is 19.6 Å². The minimum Gasteiger partial charge on any atom is -0.481 e. The molecule has 1 amide bonds. The number of anilines is 1. The number of nitrogens with zero attached hydrogens (tertiary/aromatic N) is 2. The molecule has 0 aliphatic carbocycles. The van der Waals surface area contributed by atoms with Gasteiger partial charge in [-0.1, -0.05) is 47.5 Å². The van der Waals surface area contributed by atoms with Gasteiger partial charge < -0.3 is 10.1 Å². The number of hydrogen-bond donors (Lipinski definition) is 1. The van der Waals surface area contributed by atoms with Crippen LogP contribution in [0.5, 0.6) is 5.75 Å². The van der Waals surface area contributed by atoms with Gasteiger partial charge in [0.15, 0.2) is 6.10 Å². The first-order valence-electron chi connectivity index (χ1n) is 8.01. The quantitative estimate of drug-likeness (QED) is 0.667. The van der Waals surface area contributed by atoms with E-state index < -0.39 is 6.10 Å². The predicted molar refractivity (Wildman–Crippen MR) is 103 cm³/mol. The highest BCUT2D eigenvalue weighted by Gasteiger charge is 2.17. The van der Waals surface area contributed by atoms with Crippen LogP contribution in [0, 0.1) is 0 Å². The molecular formula is C19H17Cl2N3O2. The Kier molecular flexibility index (Phi) is 5.81. The first-order chi connectivity index (χ1) is 12.5. The fraction of sp³-hybridized carbons (Fsp3) is 0.158. The Morgan fingerprint density at radius 2 is 1.96 bits per heavy atom. The summed E-state index contributed by atoms with van der Waals surface area (Å²) in [5, 5.41) is 8.19. The summed E-state index contributed by atoms with van der Waals surface area (Å²) in [6.07, 6.45) is 0.960. The van der Waals surface area contributed by atoms with Crippen molar-refractivity contribution in [3.05, 3.63) is 76.4 Å². The monoisotopic (exact) mass is 389 g/mol. The highest BCUT2D eigenvalue weighted by Crippen LogP contribution is 2.23. The first kappa shape index (κ1) is 18.3. The van der Waals surface area contributed by atoms with Gasteiger partial charge in [-0.3, -0.25) is 4.79 Å². The lowest BCUT2D eigenvalue weighted by Gasteiger charge is -2.15. The molecule has 7 heteroatoms. The van der Waals surface area contributed by atoms with Gasteiger partial charge in [-0.15, -0.1) is 0 Å². The van der Waals surface area contributed by atoms with E-state index in [1.165, 1.54) is 0 Å². The number of halogens is 2. The van der Waals surface area contributed by atoms with E-state index in [9.17, 15) is 4.79 Å². The molecule has 0 saturated heterocycles. The number of hydrogen-bond acceptors (Lipinski definition) is 3. The zero-order chi connectivity index (χ0) is 18.5. The van der Waals surface area contributed by atoms with Gasteiger partial charge >= 0.3 is 0 Å². The van der Waals surface area contributed by atoms with Gasteiger partial charge in [-0.25, -0.2) is 4.68 Å². The molecule has 5 nitrogen and oxygen atoms in total. The second kappa shape index (κ2) is 8.25. The van der Waals surface area contributed by atoms with Gasteiger partial charge in [0.25, 0.3) is 5.91 Å². The molecule has 2 aromatic carbocycles. The molecule has 1 aromatic heterocycles. The molecule has 1 N–H and O–H groups in total. The number of nitrogens with one attached hydrogen (secondary N) is 1. The van der Waals surface area contributed by atoms with Crippen LogP contribution in [0.15, 0.2) is 60.8 Å². The molecule has 26 heavy (non-hydrogen) atoms. The maximum Gasteiger partial charge on any atom is 0.266 e. The summed E-state index contributed by atoms with van der Waals surface area (Å²) in [5.74, 6) is 0.930. The summed E-state index contributed by atoms with van der Waals surface area (Å²) >= 11 is 12.1. The van der Waals surface area contributed by atoms with Gasteiger partial charge in [-0.2, -0.15) is 5.10 Å². The average Bonchev–Trinajstić information content (AvgIpc) is 3.05. The number of para-hydroxylation sites is 1. The molecule has 1 unspecified atom stereocenters. The number of carbonyl (C=O) groups excluding carboxylic acids is 1. The molecule has 1 atom stereocenters. The van der Waals surface area contributed by atoms with E-state index in [1.54, 1.807) is 48.1 Å². The van der Waals surface area contributed by atoms with Crippen molar-refractivity contribution in [2.24, 2.45) is 0 Å². The molecule has 0 bridgehead atoms. The van der Waals surface area contributed by atoms with Crippen LogP contribution in [0.3, 0.4) is 0 Å². The Hall–Kier alpha value is -2.50. The van der Waals surface area contributed by atoms with E-state index in [1.807, 2.05) is 24.3 Å². The topological polar surface area (TPSA) is 56.1 Å². The molecule has 0 fully saturated rings. The van der Waals surface area contributed by atoms with Crippen molar-refractivity contribution in [3.63, 3.8) is 0 Å². The molecule has 0 spiro atoms. The van der Waals surface area contributed by atoms with E-state index in [-0.39, 0.29) is 5.91 Å². The third-order valence-corrected chi connectivity index (χ3v) is 4.32. The van der Waals surface area contributed by atoms with E-state index in [2.05, 4.69) is 10.4 Å². The Morgan fingerprint density at radius 3 is 2.69 bits per heavy atom. The second-order valence-corrected chi connectivity index (χ2v) is 6.52. The fourth-order valence-corrected chi connectivity index (χ4v) is 2.83. The summed E-state index contributed by atoms with van der Waals surface area (Å²) in [4.78, 5) is 12.4. The summed E-state index contributed by atoms with van der Waals surface area (Å²) in [5.41, 5.74) is 0.851. The summed E-state index contributed by atoms with van der Waals surface area (Å²) in [7, 11) is 0. The first-order valence-corrected chi connectivity index (χ1v) is 8.77. The van der Waals surface area contributed by atoms with E-state index in [0.717, 1.165) is 5.56 Å².